The molecule has 19 rings (SSSR count). The van der Waals surface area contributed by atoms with E-state index in [1.165, 1.54) is 20.7 Å². The number of para-hydroxylation sites is 8. The predicted octanol–water partition coefficient (Wildman–Crippen LogP) is 14.6. The van der Waals surface area contributed by atoms with Gasteiger partial charge in [-0.3, -0.25) is 27.1 Å². The Morgan fingerprint density at radius 3 is 1.06 bits per heavy atom. The first-order valence-corrected chi connectivity index (χ1v) is 32.0. The highest BCUT2D eigenvalue weighted by molar-refractivity contribution is 7.19. The number of fused-ring (bicyclic) bond motifs is 18. The van der Waals surface area contributed by atoms with Crippen LogP contribution in [0.25, 0.3) is 134 Å². The normalized spacial score (nSPS) is 12.3. The molecule has 0 aliphatic heterocycles. The van der Waals surface area contributed by atoms with E-state index in [2.05, 4.69) is 324 Å². The zero-order valence-corrected chi connectivity index (χ0v) is 48.7. The molecule has 0 radical (unpaired) electrons. The van der Waals surface area contributed by atoms with Crippen molar-refractivity contribution in [2.75, 3.05) is 0 Å². The number of aromatic nitrogens is 11. The summed E-state index contributed by atoms with van der Waals surface area (Å²) in [4.78, 5) is 28.8. The smallest absolute Gasteiger partial charge is 0.240 e. The van der Waals surface area contributed by atoms with Crippen LogP contribution in [0.5, 0.6) is 0 Å². The molecule has 7 aromatic heterocycles. The molecule has 0 spiro atoms. The van der Waals surface area contributed by atoms with Crippen LogP contribution in [0, 0.1) is 0 Å². The summed E-state index contributed by atoms with van der Waals surface area (Å²) in [5.41, 5.74) is 14.4. The maximum absolute atomic E-state index is 5.82. The quantitative estimate of drug-likeness (QED) is 0.106. The fraction of sp³-hybridized carbons (Fsp3) is 0. The van der Waals surface area contributed by atoms with E-state index < -0.39 is 8.07 Å². The Morgan fingerprint density at radius 2 is 0.618 bits per heavy atom. The maximum Gasteiger partial charge on any atom is 0.240 e. The lowest BCUT2D eigenvalue weighted by Gasteiger charge is -2.34. The van der Waals surface area contributed by atoms with Crippen LogP contribution in [0.3, 0.4) is 0 Å². The highest BCUT2D eigenvalue weighted by Crippen LogP contribution is 2.41. The van der Waals surface area contributed by atoms with Gasteiger partial charge in [-0.15, -0.1) is 0 Å². The molecule has 19 aromatic rings. The summed E-state index contributed by atoms with van der Waals surface area (Å²) in [6.07, 6.45) is 0. The second-order valence-electron chi connectivity index (χ2n) is 22.9. The summed E-state index contributed by atoms with van der Waals surface area (Å²) in [5, 5.41) is 9.21. The Morgan fingerprint density at radius 1 is 0.247 bits per heavy atom. The summed E-state index contributed by atoms with van der Waals surface area (Å²) < 4.78 is 13.6. The molecule has 0 aliphatic rings. The predicted molar refractivity (Wildman–Crippen MR) is 364 cm³/mol. The molecule has 0 saturated heterocycles. The number of hydrogen-bond donors (Lipinski definition) is 0. The highest BCUT2D eigenvalue weighted by atomic mass is 28.3. The van der Waals surface area contributed by atoms with Gasteiger partial charge < -0.3 is 0 Å². The van der Waals surface area contributed by atoms with E-state index in [-0.39, 0.29) is 0 Å². The maximum atomic E-state index is 5.82. The zero-order chi connectivity index (χ0) is 58.3. The van der Waals surface area contributed by atoms with Crippen LogP contribution in [0.15, 0.2) is 297 Å². The van der Waals surface area contributed by atoms with Crippen molar-refractivity contribution in [3.63, 3.8) is 0 Å². The van der Waals surface area contributed by atoms with Crippen LogP contribution in [0.1, 0.15) is 0 Å². The van der Waals surface area contributed by atoms with Crippen LogP contribution in [0.2, 0.25) is 0 Å². The van der Waals surface area contributed by atoms with Gasteiger partial charge in [0.25, 0.3) is 0 Å². The van der Waals surface area contributed by atoms with Gasteiger partial charge >= 0.3 is 0 Å². The molecule has 416 valence electrons. The lowest BCUT2D eigenvalue weighted by Crippen LogP contribution is -2.74. The van der Waals surface area contributed by atoms with Crippen LogP contribution < -0.4 is 20.7 Å². The zero-order valence-electron chi connectivity index (χ0n) is 47.7. The molecule has 89 heavy (non-hydrogen) atoms. The Hall–Kier alpha value is -12.0. The SMILES string of the molecule is c1ccc(-n2c3ccccc3n3c4ccc5c6ccccc6n(-c6nc(-c7cccc([Si](c8ccccc8)(c8ccccc8)c8ccccc8)c7)nc(-n7c8ccccc8c8ccc9c(nc%10n(-c%11ccccc%11)c%11ccccc%11n9%10)c87)n6)c5c4nc23)cc1. The molecule has 0 fully saturated rings. The van der Waals surface area contributed by atoms with Gasteiger partial charge in [0.05, 0.1) is 55.2 Å². The summed E-state index contributed by atoms with van der Waals surface area (Å²) in [6.45, 7) is 0. The van der Waals surface area contributed by atoms with Crippen molar-refractivity contribution in [2.24, 2.45) is 0 Å². The molecule has 0 atom stereocenters. The van der Waals surface area contributed by atoms with Crippen molar-refractivity contribution in [3.8, 4) is 34.7 Å². The lowest BCUT2D eigenvalue weighted by atomic mass is 10.1. The molecule has 0 unspecified atom stereocenters. The standard InChI is InChI=1S/C77H49N11Si/c1-6-26-51(27-7-1)83-63-41-20-22-43-65(63)85-67-47-45-59-57-37-16-18-39-61(57)87(71(59)69(67)78-76(83)85)74-80-73(50-25-24-36-56(49-50)89(53-30-10-3-11-31-53,54-32-12-4-13-33-54)55-34-14-5-15-35-55)81-75(82-74)88-62-40-19-17-38-58(62)60-46-48-68-70(72(60)88)79-77-84(52-28-8-2-9-29-52)64-42-21-23-44-66(64)86(68)77/h1-49H. The topological polar surface area (TPSA) is 93.0 Å². The van der Waals surface area contributed by atoms with E-state index in [0.717, 1.165) is 116 Å². The molecular formula is C77H49N11Si. The average Bonchev–Trinajstić information content (AvgIpc) is 1.60. The van der Waals surface area contributed by atoms with Crippen molar-refractivity contribution in [3.05, 3.63) is 297 Å². The van der Waals surface area contributed by atoms with Gasteiger partial charge in [-0.05, 0) is 106 Å². The molecule has 0 N–H and O–H groups in total. The molecule has 12 aromatic carbocycles. The van der Waals surface area contributed by atoms with Gasteiger partial charge in [0, 0.05) is 38.5 Å². The third kappa shape index (κ3) is 6.99. The van der Waals surface area contributed by atoms with Gasteiger partial charge in [-0.1, -0.05) is 212 Å². The Labute approximate surface area is 509 Å². The van der Waals surface area contributed by atoms with Gasteiger partial charge in [0.15, 0.2) is 13.9 Å². The van der Waals surface area contributed by atoms with E-state index in [9.17, 15) is 0 Å². The van der Waals surface area contributed by atoms with Crippen LogP contribution in [0.4, 0.5) is 0 Å². The van der Waals surface area contributed by atoms with E-state index in [4.69, 9.17) is 24.9 Å². The first kappa shape index (κ1) is 49.3. The Bertz CT molecular complexity index is 5660. The van der Waals surface area contributed by atoms with Crippen molar-refractivity contribution >= 4 is 128 Å². The highest BCUT2D eigenvalue weighted by Gasteiger charge is 2.42. The Balaban J connectivity index is 0.944. The van der Waals surface area contributed by atoms with E-state index >= 15 is 0 Å². The van der Waals surface area contributed by atoms with Crippen molar-refractivity contribution in [1.82, 2.24) is 52.0 Å². The van der Waals surface area contributed by atoms with Gasteiger partial charge in [0.2, 0.25) is 23.5 Å². The minimum Gasteiger partial charge on any atom is -0.278 e. The molecule has 7 heterocycles. The second-order valence-corrected chi connectivity index (χ2v) is 26.7. The fourth-order valence-corrected chi connectivity index (χ4v) is 19.3. The van der Waals surface area contributed by atoms with E-state index in [1.54, 1.807) is 0 Å². The lowest BCUT2D eigenvalue weighted by molar-refractivity contribution is 0.894. The molecule has 11 nitrogen and oxygen atoms in total. The van der Waals surface area contributed by atoms with Crippen molar-refractivity contribution < 1.29 is 0 Å². The summed E-state index contributed by atoms with van der Waals surface area (Å²) in [5.74, 6) is 3.05. The van der Waals surface area contributed by atoms with Crippen molar-refractivity contribution in [1.29, 1.82) is 0 Å². The summed E-state index contributed by atoms with van der Waals surface area (Å²) in [6, 6.07) is 106. The number of benzene rings is 12. The molecular weight excluding hydrogens is 1110 g/mol. The molecule has 0 saturated carbocycles. The fourth-order valence-electron chi connectivity index (χ4n) is 14.5. The number of rotatable bonds is 9. The number of imidazole rings is 4. The molecule has 0 bridgehead atoms. The van der Waals surface area contributed by atoms with E-state index in [0.29, 0.717) is 17.7 Å². The first-order chi connectivity index (χ1) is 44.2. The number of nitrogens with zero attached hydrogens (tertiary/aromatic N) is 11. The minimum atomic E-state index is -3.03. The van der Waals surface area contributed by atoms with Crippen LogP contribution >= 0.6 is 0 Å². The average molecular weight is 1160 g/mol. The second kappa shape index (κ2) is 19.0. The van der Waals surface area contributed by atoms with Gasteiger partial charge in [-0.25, -0.2) is 9.97 Å². The van der Waals surface area contributed by atoms with Gasteiger partial charge in [-0.2, -0.15) is 15.0 Å². The third-order valence-corrected chi connectivity index (χ3v) is 23.0. The minimum absolute atomic E-state index is 0.454. The number of hydrogen-bond acceptors (Lipinski definition) is 5. The molecule has 0 amide bonds. The van der Waals surface area contributed by atoms with Gasteiger partial charge in [0.1, 0.15) is 11.0 Å². The third-order valence-electron chi connectivity index (χ3n) is 18.2. The first-order valence-electron chi connectivity index (χ1n) is 30.0. The molecule has 12 heteroatoms. The van der Waals surface area contributed by atoms with Crippen LogP contribution in [-0.2, 0) is 0 Å². The summed E-state index contributed by atoms with van der Waals surface area (Å²) >= 11 is 0. The molecule has 0 aliphatic carbocycles. The van der Waals surface area contributed by atoms with Crippen molar-refractivity contribution in [2.45, 2.75) is 0 Å². The summed E-state index contributed by atoms with van der Waals surface area (Å²) in [7, 11) is -3.03. The van der Waals surface area contributed by atoms with E-state index in [1.807, 2.05) is 0 Å². The van der Waals surface area contributed by atoms with Crippen LogP contribution in [-0.4, -0.2) is 60.1 Å². The largest absolute Gasteiger partial charge is 0.278 e. The Kier molecular flexibility index (Phi) is 10.5. The monoisotopic (exact) mass is 1160 g/mol.